The summed E-state index contributed by atoms with van der Waals surface area (Å²) in [6.07, 6.45) is 4.48. The molecule has 0 unspecified atom stereocenters. The van der Waals surface area contributed by atoms with Crippen molar-refractivity contribution >= 4 is 22.9 Å². The lowest BCUT2D eigenvalue weighted by Crippen LogP contribution is -2.54. The van der Waals surface area contributed by atoms with Gasteiger partial charge < -0.3 is 16.2 Å². The molecule has 0 bridgehead atoms. The molecule has 2 aromatic heterocycles. The molecule has 1 aromatic carbocycles. The molecule has 168 valence electrons. The van der Waals surface area contributed by atoms with Crippen LogP contribution in [0.3, 0.4) is 0 Å². The highest BCUT2D eigenvalue weighted by Gasteiger charge is 2.42. The van der Waals surface area contributed by atoms with Crippen molar-refractivity contribution in [1.29, 1.82) is 0 Å². The first-order valence-corrected chi connectivity index (χ1v) is 11.2. The number of pyridine rings is 1. The Morgan fingerprint density at radius 2 is 2.00 bits per heavy atom. The van der Waals surface area contributed by atoms with Crippen LogP contribution in [0.25, 0.3) is 10.6 Å². The van der Waals surface area contributed by atoms with E-state index in [1.54, 1.807) is 19.3 Å². The lowest BCUT2D eigenvalue weighted by atomic mass is 9.68. The number of hydrogen-bond donors (Lipinski definition) is 3. The largest absolute Gasteiger partial charge is 0.388 e. The Kier molecular flexibility index (Phi) is 6.07. The summed E-state index contributed by atoms with van der Waals surface area (Å²) in [5, 5.41) is 15.0. The monoisotopic (exact) mass is 458 g/mol. The van der Waals surface area contributed by atoms with Crippen LogP contribution in [-0.4, -0.2) is 32.6 Å². The number of carbonyl (C=O) groups is 1. The summed E-state index contributed by atoms with van der Waals surface area (Å²) in [6, 6.07) is 5.01. The minimum absolute atomic E-state index is 0.0234. The van der Waals surface area contributed by atoms with Gasteiger partial charge in [-0.05, 0) is 55.4 Å². The van der Waals surface area contributed by atoms with Crippen molar-refractivity contribution in [3.8, 4) is 10.6 Å². The lowest BCUT2D eigenvalue weighted by Gasteiger charge is -2.44. The van der Waals surface area contributed by atoms with Crippen LogP contribution in [-0.2, 0) is 0 Å². The molecule has 1 fully saturated rings. The van der Waals surface area contributed by atoms with Crippen LogP contribution >= 0.6 is 11.3 Å². The van der Waals surface area contributed by atoms with Gasteiger partial charge in [0, 0.05) is 17.6 Å². The number of anilines is 1. The standard InChI is InChI=1S/C23H24F2N4O2S/c1-12-8-13(9-19(26)23(12,2)31)14-6-7-27-10-17(14)28-21(30)18-11-32-22(29-18)20-15(24)4-3-5-16(20)25/h3-7,10-13,19,31H,8-9,26H2,1-2H3,(H,28,30)/t12-,13+,19+,23+/m1/s1. The van der Waals surface area contributed by atoms with Crippen LogP contribution in [0.4, 0.5) is 14.5 Å². The highest BCUT2D eigenvalue weighted by molar-refractivity contribution is 7.13. The molecule has 9 heteroatoms. The smallest absolute Gasteiger partial charge is 0.275 e. The van der Waals surface area contributed by atoms with Crippen LogP contribution in [0.1, 0.15) is 48.7 Å². The van der Waals surface area contributed by atoms with E-state index in [-0.39, 0.29) is 28.1 Å². The molecule has 2 heterocycles. The topological polar surface area (TPSA) is 101 Å². The van der Waals surface area contributed by atoms with Crippen molar-refractivity contribution in [3.05, 3.63) is 64.9 Å². The van der Waals surface area contributed by atoms with Crippen LogP contribution in [0, 0.1) is 17.6 Å². The van der Waals surface area contributed by atoms with E-state index in [0.717, 1.165) is 29.0 Å². The molecule has 0 spiro atoms. The predicted molar refractivity (Wildman–Crippen MR) is 119 cm³/mol. The number of thiazole rings is 1. The number of nitrogens with two attached hydrogens (primary N) is 1. The summed E-state index contributed by atoms with van der Waals surface area (Å²) in [5.41, 5.74) is 6.48. The fourth-order valence-electron chi connectivity index (χ4n) is 4.17. The zero-order valence-electron chi connectivity index (χ0n) is 17.7. The number of halogens is 2. The molecule has 32 heavy (non-hydrogen) atoms. The Hall–Kier alpha value is -2.75. The van der Waals surface area contributed by atoms with E-state index in [1.807, 2.05) is 13.0 Å². The van der Waals surface area contributed by atoms with E-state index in [0.29, 0.717) is 18.5 Å². The zero-order valence-corrected chi connectivity index (χ0v) is 18.5. The van der Waals surface area contributed by atoms with Gasteiger partial charge in [0.2, 0.25) is 0 Å². The van der Waals surface area contributed by atoms with Gasteiger partial charge >= 0.3 is 0 Å². The van der Waals surface area contributed by atoms with E-state index in [2.05, 4.69) is 15.3 Å². The third-order valence-corrected chi connectivity index (χ3v) is 7.24. The fourth-order valence-corrected chi connectivity index (χ4v) is 5.02. The number of hydrogen-bond acceptors (Lipinski definition) is 6. The quantitative estimate of drug-likeness (QED) is 0.540. The molecule has 6 nitrogen and oxygen atoms in total. The van der Waals surface area contributed by atoms with Gasteiger partial charge in [-0.1, -0.05) is 13.0 Å². The highest BCUT2D eigenvalue weighted by atomic mass is 32.1. The summed E-state index contributed by atoms with van der Waals surface area (Å²) >= 11 is 0.991. The second-order valence-electron chi connectivity index (χ2n) is 8.45. The minimum Gasteiger partial charge on any atom is -0.388 e. The zero-order chi connectivity index (χ0) is 23.0. The van der Waals surface area contributed by atoms with E-state index in [4.69, 9.17) is 5.73 Å². The maximum absolute atomic E-state index is 14.1. The first kappa shape index (κ1) is 22.4. The third-order valence-electron chi connectivity index (χ3n) is 6.38. The van der Waals surface area contributed by atoms with Gasteiger partial charge in [-0.3, -0.25) is 9.78 Å². The van der Waals surface area contributed by atoms with Crippen LogP contribution in [0.5, 0.6) is 0 Å². The molecule has 1 aliphatic rings. The van der Waals surface area contributed by atoms with Crippen LogP contribution < -0.4 is 11.1 Å². The SMILES string of the molecule is C[C@@H]1C[C@H](c2ccncc2NC(=O)c2csc(-c3c(F)cccc3F)n2)C[C@H](N)[C@@]1(C)O. The molecule has 1 amide bonds. The lowest BCUT2D eigenvalue weighted by molar-refractivity contribution is -0.0463. The van der Waals surface area contributed by atoms with E-state index in [9.17, 15) is 18.7 Å². The number of amides is 1. The molecule has 0 radical (unpaired) electrons. The third kappa shape index (κ3) is 4.15. The number of rotatable bonds is 4. The number of carbonyl (C=O) groups excluding carboxylic acids is 1. The average Bonchev–Trinajstić information content (AvgIpc) is 3.22. The van der Waals surface area contributed by atoms with Crippen molar-refractivity contribution in [2.45, 2.75) is 44.2 Å². The number of nitrogens with zero attached hydrogens (tertiary/aromatic N) is 2. The van der Waals surface area contributed by atoms with Crippen molar-refractivity contribution in [2.24, 2.45) is 11.7 Å². The van der Waals surface area contributed by atoms with Gasteiger partial charge in [-0.15, -0.1) is 11.3 Å². The van der Waals surface area contributed by atoms with Gasteiger partial charge in [0.15, 0.2) is 0 Å². The van der Waals surface area contributed by atoms with Crippen molar-refractivity contribution in [1.82, 2.24) is 9.97 Å². The molecule has 0 saturated heterocycles. The number of aromatic nitrogens is 2. The molecule has 3 aromatic rings. The Morgan fingerprint density at radius 1 is 1.28 bits per heavy atom. The maximum Gasteiger partial charge on any atom is 0.275 e. The van der Waals surface area contributed by atoms with Gasteiger partial charge in [-0.25, -0.2) is 13.8 Å². The molecule has 1 saturated carbocycles. The Balaban J connectivity index is 1.56. The highest BCUT2D eigenvalue weighted by Crippen LogP contribution is 2.42. The normalized spacial score (nSPS) is 25.5. The molecular weight excluding hydrogens is 434 g/mol. The fraction of sp³-hybridized carbons (Fsp3) is 0.348. The average molecular weight is 459 g/mol. The minimum atomic E-state index is -0.952. The number of benzene rings is 1. The van der Waals surface area contributed by atoms with Gasteiger partial charge in [0.25, 0.3) is 5.91 Å². The first-order valence-electron chi connectivity index (χ1n) is 10.3. The summed E-state index contributed by atoms with van der Waals surface area (Å²) in [4.78, 5) is 21.1. The molecule has 4 N–H and O–H groups in total. The molecular formula is C23H24F2N4O2S. The molecule has 4 rings (SSSR count). The van der Waals surface area contributed by atoms with E-state index < -0.39 is 29.2 Å². The van der Waals surface area contributed by atoms with Crippen molar-refractivity contribution < 1.29 is 18.7 Å². The van der Waals surface area contributed by atoms with Gasteiger partial charge in [0.1, 0.15) is 22.3 Å². The summed E-state index contributed by atoms with van der Waals surface area (Å²) in [6.45, 7) is 3.72. The van der Waals surface area contributed by atoms with Crippen LogP contribution in [0.2, 0.25) is 0 Å². The summed E-state index contributed by atoms with van der Waals surface area (Å²) in [5.74, 6) is -1.96. The number of nitrogens with one attached hydrogen (secondary N) is 1. The summed E-state index contributed by atoms with van der Waals surface area (Å²) in [7, 11) is 0. The van der Waals surface area contributed by atoms with Crippen molar-refractivity contribution in [2.75, 3.05) is 5.32 Å². The Morgan fingerprint density at radius 3 is 2.69 bits per heavy atom. The second-order valence-corrected chi connectivity index (χ2v) is 9.31. The first-order chi connectivity index (χ1) is 15.2. The van der Waals surface area contributed by atoms with Crippen LogP contribution in [0.15, 0.2) is 42.0 Å². The summed E-state index contributed by atoms with van der Waals surface area (Å²) < 4.78 is 28.1. The van der Waals surface area contributed by atoms with Gasteiger partial charge in [-0.2, -0.15) is 0 Å². The predicted octanol–water partition coefficient (Wildman–Crippen LogP) is 4.33. The second kappa shape index (κ2) is 8.65. The van der Waals surface area contributed by atoms with Gasteiger partial charge in [0.05, 0.1) is 23.0 Å². The Labute approximate surface area is 188 Å². The molecule has 4 atom stereocenters. The number of aliphatic hydroxyl groups is 1. The maximum atomic E-state index is 14.1. The Bertz CT molecular complexity index is 1120. The molecule has 1 aliphatic carbocycles. The molecule has 0 aliphatic heterocycles. The van der Waals surface area contributed by atoms with E-state index >= 15 is 0 Å². The van der Waals surface area contributed by atoms with Crippen molar-refractivity contribution in [3.63, 3.8) is 0 Å². The van der Waals surface area contributed by atoms with E-state index in [1.165, 1.54) is 11.4 Å².